The van der Waals surface area contributed by atoms with E-state index in [0.29, 0.717) is 19.4 Å². The lowest BCUT2D eigenvalue weighted by Crippen LogP contribution is -2.23. The van der Waals surface area contributed by atoms with Crippen molar-refractivity contribution in [2.45, 2.75) is 31.8 Å². The van der Waals surface area contributed by atoms with E-state index in [-0.39, 0.29) is 0 Å². The molecule has 8 heteroatoms. The molecule has 1 aromatic heterocycles. The highest BCUT2D eigenvalue weighted by molar-refractivity contribution is 7.99. The van der Waals surface area contributed by atoms with Crippen LogP contribution < -0.4 is 4.72 Å². The Hall–Kier alpha value is -2.16. The van der Waals surface area contributed by atoms with Crippen LogP contribution in [-0.2, 0) is 16.4 Å². The highest BCUT2D eigenvalue weighted by atomic mass is 32.2. The quantitative estimate of drug-likeness (QED) is 0.415. The van der Waals surface area contributed by atoms with Gasteiger partial charge in [-0.3, -0.25) is 4.57 Å². The Kier molecular flexibility index (Phi) is 7.10. The maximum Gasteiger partial charge on any atom is 0.208 e. The van der Waals surface area contributed by atoms with Gasteiger partial charge < -0.3 is 0 Å². The minimum Gasteiger partial charge on any atom is -0.273 e. The van der Waals surface area contributed by atoms with Crippen molar-refractivity contribution in [2.75, 3.05) is 18.6 Å². The Balaban J connectivity index is 1.84. The third-order valence-corrected chi connectivity index (χ3v) is 6.16. The van der Waals surface area contributed by atoms with E-state index in [1.54, 1.807) is 11.8 Å². The fourth-order valence-electron chi connectivity index (χ4n) is 3.08. The molecular formula is C21H26N4O2S2. The zero-order chi connectivity index (χ0) is 20.9. The van der Waals surface area contributed by atoms with E-state index in [1.165, 1.54) is 22.9 Å². The van der Waals surface area contributed by atoms with Crippen LogP contribution in [0.25, 0.3) is 5.69 Å². The van der Waals surface area contributed by atoms with E-state index in [9.17, 15) is 8.42 Å². The second kappa shape index (κ2) is 9.56. The maximum absolute atomic E-state index is 11.2. The first-order valence-corrected chi connectivity index (χ1v) is 12.3. The largest absolute Gasteiger partial charge is 0.273 e. The number of rotatable bonds is 9. The summed E-state index contributed by atoms with van der Waals surface area (Å²) in [5, 5.41) is 9.73. The summed E-state index contributed by atoms with van der Waals surface area (Å²) in [4.78, 5) is 0. The standard InChI is InChI=1S/C21H26N4O2S2/c1-16-10-11-19(17(2)14-16)25-20(15-18-8-5-4-6-9-18)23-24-21(25)28-13-7-12-22-29(3,26)27/h4-6,8-11,14,22H,7,12-13,15H2,1-3H3. The van der Waals surface area contributed by atoms with E-state index in [2.05, 4.69) is 63.7 Å². The molecule has 0 radical (unpaired) electrons. The number of sulfonamides is 1. The molecule has 1 N–H and O–H groups in total. The summed E-state index contributed by atoms with van der Waals surface area (Å²) in [5.74, 6) is 1.64. The third kappa shape index (κ3) is 6.16. The molecule has 2 aromatic carbocycles. The molecule has 0 aliphatic heterocycles. The first-order valence-electron chi connectivity index (χ1n) is 9.47. The van der Waals surface area contributed by atoms with Crippen LogP contribution in [0.4, 0.5) is 0 Å². The predicted octanol–water partition coefficient (Wildman–Crippen LogP) is 3.51. The van der Waals surface area contributed by atoms with Gasteiger partial charge in [-0.15, -0.1) is 10.2 Å². The van der Waals surface area contributed by atoms with Crippen molar-refractivity contribution < 1.29 is 8.42 Å². The Labute approximate surface area is 176 Å². The summed E-state index contributed by atoms with van der Waals surface area (Å²) in [6, 6.07) is 16.6. The number of aromatic nitrogens is 3. The highest BCUT2D eigenvalue weighted by Crippen LogP contribution is 2.26. The summed E-state index contributed by atoms with van der Waals surface area (Å²) in [6.07, 6.45) is 2.58. The van der Waals surface area contributed by atoms with E-state index < -0.39 is 10.0 Å². The normalized spacial score (nSPS) is 11.7. The fraction of sp³-hybridized carbons (Fsp3) is 0.333. The Morgan fingerprint density at radius 1 is 1.07 bits per heavy atom. The van der Waals surface area contributed by atoms with Gasteiger partial charge in [0.25, 0.3) is 0 Å². The van der Waals surface area contributed by atoms with Crippen molar-refractivity contribution in [3.8, 4) is 5.69 Å². The Morgan fingerprint density at radius 3 is 2.52 bits per heavy atom. The van der Waals surface area contributed by atoms with Crippen LogP contribution in [0.5, 0.6) is 0 Å². The summed E-state index contributed by atoms with van der Waals surface area (Å²) in [6.45, 7) is 4.60. The number of hydrogen-bond acceptors (Lipinski definition) is 5. The molecule has 0 aliphatic rings. The third-order valence-electron chi connectivity index (χ3n) is 4.42. The minimum atomic E-state index is -3.15. The van der Waals surface area contributed by atoms with Gasteiger partial charge in [-0.25, -0.2) is 13.1 Å². The molecule has 0 bridgehead atoms. The number of nitrogens with one attached hydrogen (secondary N) is 1. The van der Waals surface area contributed by atoms with Gasteiger partial charge in [0.05, 0.1) is 11.9 Å². The highest BCUT2D eigenvalue weighted by Gasteiger charge is 2.16. The molecule has 0 unspecified atom stereocenters. The molecule has 0 aliphatic carbocycles. The van der Waals surface area contributed by atoms with Crippen molar-refractivity contribution in [3.63, 3.8) is 0 Å². The van der Waals surface area contributed by atoms with Crippen molar-refractivity contribution in [1.29, 1.82) is 0 Å². The van der Waals surface area contributed by atoms with E-state index in [1.807, 2.05) is 18.2 Å². The van der Waals surface area contributed by atoms with Crippen molar-refractivity contribution in [2.24, 2.45) is 0 Å². The van der Waals surface area contributed by atoms with Crippen LogP contribution in [0.3, 0.4) is 0 Å². The van der Waals surface area contributed by atoms with Crippen LogP contribution >= 0.6 is 11.8 Å². The van der Waals surface area contributed by atoms with Gasteiger partial charge >= 0.3 is 0 Å². The average Bonchev–Trinajstić information content (AvgIpc) is 3.04. The SMILES string of the molecule is Cc1ccc(-n2c(Cc3ccccc3)nnc2SCCCNS(C)(=O)=O)c(C)c1. The van der Waals surface area contributed by atoms with Gasteiger partial charge in [-0.05, 0) is 37.5 Å². The number of benzene rings is 2. The van der Waals surface area contributed by atoms with Crippen LogP contribution in [0.15, 0.2) is 53.7 Å². The van der Waals surface area contributed by atoms with Gasteiger partial charge in [0, 0.05) is 18.7 Å². The lowest BCUT2D eigenvalue weighted by atomic mass is 10.1. The van der Waals surface area contributed by atoms with Crippen molar-refractivity contribution in [1.82, 2.24) is 19.5 Å². The summed E-state index contributed by atoms with van der Waals surface area (Å²) < 4.78 is 27.0. The van der Waals surface area contributed by atoms with E-state index >= 15 is 0 Å². The van der Waals surface area contributed by atoms with Gasteiger partial charge in [0.1, 0.15) is 5.82 Å². The molecule has 0 amide bonds. The van der Waals surface area contributed by atoms with Crippen LogP contribution in [-0.4, -0.2) is 41.7 Å². The van der Waals surface area contributed by atoms with Gasteiger partial charge in [0.2, 0.25) is 10.0 Å². The van der Waals surface area contributed by atoms with E-state index in [4.69, 9.17) is 0 Å². The summed E-state index contributed by atoms with van der Waals surface area (Å²) >= 11 is 1.59. The van der Waals surface area contributed by atoms with E-state index in [0.717, 1.165) is 22.4 Å². The average molecular weight is 431 g/mol. The topological polar surface area (TPSA) is 76.9 Å². The molecule has 0 saturated carbocycles. The van der Waals surface area contributed by atoms with Gasteiger partial charge in [0.15, 0.2) is 5.16 Å². The molecule has 0 atom stereocenters. The molecule has 3 aromatic rings. The molecule has 0 spiro atoms. The number of thioether (sulfide) groups is 1. The second-order valence-electron chi connectivity index (χ2n) is 7.06. The van der Waals surface area contributed by atoms with Gasteiger partial charge in [-0.1, -0.05) is 59.8 Å². The number of aryl methyl sites for hydroxylation is 2. The first kappa shape index (κ1) is 21.5. The lowest BCUT2D eigenvalue weighted by Gasteiger charge is -2.13. The summed E-state index contributed by atoms with van der Waals surface area (Å²) in [5.41, 5.74) is 4.63. The summed E-state index contributed by atoms with van der Waals surface area (Å²) in [7, 11) is -3.15. The molecule has 1 heterocycles. The predicted molar refractivity (Wildman–Crippen MR) is 118 cm³/mol. The maximum atomic E-state index is 11.2. The van der Waals surface area contributed by atoms with Crippen LogP contribution in [0, 0.1) is 13.8 Å². The lowest BCUT2D eigenvalue weighted by molar-refractivity contribution is 0.587. The van der Waals surface area contributed by atoms with Crippen molar-refractivity contribution in [3.05, 3.63) is 71.0 Å². The molecule has 0 saturated heterocycles. The van der Waals surface area contributed by atoms with Crippen LogP contribution in [0.1, 0.15) is 28.9 Å². The van der Waals surface area contributed by atoms with Gasteiger partial charge in [-0.2, -0.15) is 0 Å². The smallest absolute Gasteiger partial charge is 0.208 e. The fourth-order valence-corrected chi connectivity index (χ4v) is 4.50. The molecule has 3 rings (SSSR count). The zero-order valence-corrected chi connectivity index (χ0v) is 18.6. The zero-order valence-electron chi connectivity index (χ0n) is 16.9. The number of hydrogen-bond donors (Lipinski definition) is 1. The number of nitrogens with zero attached hydrogens (tertiary/aromatic N) is 3. The molecule has 29 heavy (non-hydrogen) atoms. The molecule has 0 fully saturated rings. The first-order chi connectivity index (χ1) is 13.8. The second-order valence-corrected chi connectivity index (χ2v) is 9.95. The monoisotopic (exact) mass is 430 g/mol. The molecule has 154 valence electrons. The Bertz CT molecular complexity index is 1060. The molecular weight excluding hydrogens is 404 g/mol. The molecule has 6 nitrogen and oxygen atoms in total. The van der Waals surface area contributed by atoms with Crippen LogP contribution in [0.2, 0.25) is 0 Å². The minimum absolute atomic E-state index is 0.417. The van der Waals surface area contributed by atoms with Crippen molar-refractivity contribution >= 4 is 21.8 Å². The Morgan fingerprint density at radius 2 is 1.83 bits per heavy atom.